The first-order chi connectivity index (χ1) is 11.7. The molecule has 2 aliphatic heterocycles. The highest BCUT2D eigenvalue weighted by atomic mass is 19.1. The molecule has 2 atom stereocenters. The van der Waals surface area contributed by atoms with Crippen LogP contribution < -0.4 is 5.32 Å². The fourth-order valence-electron chi connectivity index (χ4n) is 4.10. The Balaban J connectivity index is 1.67. The van der Waals surface area contributed by atoms with Crippen molar-refractivity contribution in [3.8, 4) is 0 Å². The van der Waals surface area contributed by atoms with Gasteiger partial charge in [0.2, 0.25) is 11.8 Å². The maximum Gasteiger partial charge on any atom is 0.231 e. The highest BCUT2D eigenvalue weighted by molar-refractivity contribution is 5.87. The van der Waals surface area contributed by atoms with Crippen LogP contribution in [0.2, 0.25) is 0 Å². The van der Waals surface area contributed by atoms with Gasteiger partial charge < -0.3 is 14.6 Å². The molecule has 6 heteroatoms. The van der Waals surface area contributed by atoms with Crippen LogP contribution in [-0.2, 0) is 11.3 Å². The first-order valence-electron chi connectivity index (χ1n) is 8.33. The lowest BCUT2D eigenvalue weighted by molar-refractivity contribution is -0.138. The normalized spacial score (nSPS) is 27.1. The topological polar surface area (TPSA) is 58.4 Å². The van der Waals surface area contributed by atoms with Gasteiger partial charge in [-0.1, -0.05) is 12.1 Å². The van der Waals surface area contributed by atoms with E-state index in [0.717, 1.165) is 24.9 Å². The molecule has 126 valence electrons. The molecular formula is C18H20FN3O2. The number of likely N-dealkylation sites (tertiary alicyclic amines) is 1. The number of halogens is 1. The molecule has 1 aromatic carbocycles. The SMILES string of the molecule is O=C1N(Cc2ncco2)CC(c2ccc(F)cc2)C12CCCNC2. The molecule has 0 bridgehead atoms. The predicted molar refractivity (Wildman–Crippen MR) is 85.6 cm³/mol. The van der Waals surface area contributed by atoms with E-state index in [4.69, 9.17) is 4.42 Å². The summed E-state index contributed by atoms with van der Waals surface area (Å²) in [5.74, 6) is 0.480. The molecule has 2 aromatic rings. The maximum absolute atomic E-state index is 13.3. The summed E-state index contributed by atoms with van der Waals surface area (Å²) >= 11 is 0. The van der Waals surface area contributed by atoms with Crippen molar-refractivity contribution in [3.05, 3.63) is 54.0 Å². The van der Waals surface area contributed by atoms with Crippen molar-refractivity contribution in [1.82, 2.24) is 15.2 Å². The maximum atomic E-state index is 13.3. The van der Waals surface area contributed by atoms with Crippen molar-refractivity contribution < 1.29 is 13.6 Å². The molecule has 0 saturated carbocycles. The average Bonchev–Trinajstić information content (AvgIpc) is 3.20. The van der Waals surface area contributed by atoms with Crippen molar-refractivity contribution in [3.63, 3.8) is 0 Å². The Kier molecular flexibility index (Phi) is 3.84. The fraction of sp³-hybridized carbons (Fsp3) is 0.444. The molecule has 0 radical (unpaired) electrons. The lowest BCUT2D eigenvalue weighted by Gasteiger charge is -2.36. The summed E-state index contributed by atoms with van der Waals surface area (Å²) in [6, 6.07) is 6.55. The van der Waals surface area contributed by atoms with E-state index in [9.17, 15) is 9.18 Å². The van der Waals surface area contributed by atoms with Gasteiger partial charge in [-0.05, 0) is 37.1 Å². The third-order valence-corrected chi connectivity index (χ3v) is 5.28. The number of aromatic nitrogens is 1. The monoisotopic (exact) mass is 329 g/mol. The van der Waals surface area contributed by atoms with Gasteiger partial charge in [-0.2, -0.15) is 0 Å². The number of benzene rings is 1. The van der Waals surface area contributed by atoms with Crippen LogP contribution in [0.25, 0.3) is 0 Å². The number of nitrogens with one attached hydrogen (secondary N) is 1. The minimum absolute atomic E-state index is 0.0494. The van der Waals surface area contributed by atoms with Gasteiger partial charge in [-0.15, -0.1) is 0 Å². The van der Waals surface area contributed by atoms with Gasteiger partial charge in [-0.3, -0.25) is 4.79 Å². The van der Waals surface area contributed by atoms with E-state index in [-0.39, 0.29) is 17.6 Å². The van der Waals surface area contributed by atoms with E-state index in [1.165, 1.54) is 18.4 Å². The predicted octanol–water partition coefficient (Wildman–Crippen LogP) is 2.31. The van der Waals surface area contributed by atoms with Crippen LogP contribution >= 0.6 is 0 Å². The fourth-order valence-corrected chi connectivity index (χ4v) is 4.10. The molecule has 5 nitrogen and oxygen atoms in total. The van der Waals surface area contributed by atoms with Crippen molar-refractivity contribution in [2.24, 2.45) is 5.41 Å². The Hall–Kier alpha value is -2.21. The van der Waals surface area contributed by atoms with Gasteiger partial charge in [0.1, 0.15) is 12.1 Å². The number of carbonyl (C=O) groups is 1. The van der Waals surface area contributed by atoms with Crippen LogP contribution in [0.4, 0.5) is 4.39 Å². The van der Waals surface area contributed by atoms with E-state index in [1.54, 1.807) is 18.3 Å². The first-order valence-corrected chi connectivity index (χ1v) is 8.33. The molecule has 1 spiro atoms. The lowest BCUT2D eigenvalue weighted by Crippen LogP contribution is -2.47. The largest absolute Gasteiger partial charge is 0.447 e. The van der Waals surface area contributed by atoms with Crippen molar-refractivity contribution >= 4 is 5.91 Å². The van der Waals surface area contributed by atoms with Gasteiger partial charge in [0.15, 0.2) is 0 Å². The van der Waals surface area contributed by atoms with Gasteiger partial charge in [0.25, 0.3) is 0 Å². The van der Waals surface area contributed by atoms with Gasteiger partial charge in [-0.25, -0.2) is 9.37 Å². The molecule has 2 unspecified atom stereocenters. The highest BCUT2D eigenvalue weighted by Crippen LogP contribution is 2.48. The second-order valence-corrected chi connectivity index (χ2v) is 6.65. The third-order valence-electron chi connectivity index (χ3n) is 5.28. The summed E-state index contributed by atoms with van der Waals surface area (Å²) in [5.41, 5.74) is 0.561. The number of hydrogen-bond donors (Lipinski definition) is 1. The molecule has 2 aliphatic rings. The second-order valence-electron chi connectivity index (χ2n) is 6.65. The van der Waals surface area contributed by atoms with Crippen LogP contribution in [0.3, 0.4) is 0 Å². The highest BCUT2D eigenvalue weighted by Gasteiger charge is 2.54. The summed E-state index contributed by atoms with van der Waals surface area (Å²) in [5, 5.41) is 3.38. The van der Waals surface area contributed by atoms with E-state index in [1.807, 2.05) is 4.90 Å². The summed E-state index contributed by atoms with van der Waals surface area (Å²) in [7, 11) is 0. The van der Waals surface area contributed by atoms with E-state index in [2.05, 4.69) is 10.3 Å². The van der Waals surface area contributed by atoms with Crippen LogP contribution in [-0.4, -0.2) is 35.4 Å². The molecule has 3 heterocycles. The quantitative estimate of drug-likeness (QED) is 0.939. The minimum Gasteiger partial charge on any atom is -0.447 e. The number of nitrogens with zero attached hydrogens (tertiary/aromatic N) is 2. The summed E-state index contributed by atoms with van der Waals surface area (Å²) in [4.78, 5) is 19.2. The Morgan fingerprint density at radius 3 is 2.88 bits per heavy atom. The zero-order valence-corrected chi connectivity index (χ0v) is 13.4. The van der Waals surface area contributed by atoms with Gasteiger partial charge >= 0.3 is 0 Å². The molecule has 2 saturated heterocycles. The zero-order valence-electron chi connectivity index (χ0n) is 13.4. The van der Waals surface area contributed by atoms with Crippen LogP contribution in [0, 0.1) is 11.2 Å². The van der Waals surface area contributed by atoms with Gasteiger partial charge in [0.05, 0.1) is 18.2 Å². The number of hydrogen-bond acceptors (Lipinski definition) is 4. The summed E-state index contributed by atoms with van der Waals surface area (Å²) < 4.78 is 18.6. The van der Waals surface area contributed by atoms with Crippen LogP contribution in [0.15, 0.2) is 41.1 Å². The molecule has 0 aliphatic carbocycles. The van der Waals surface area contributed by atoms with E-state index >= 15 is 0 Å². The Morgan fingerprint density at radius 2 is 2.21 bits per heavy atom. The molecule has 1 N–H and O–H groups in total. The summed E-state index contributed by atoms with van der Waals surface area (Å²) in [6.07, 6.45) is 4.93. The van der Waals surface area contributed by atoms with Crippen molar-refractivity contribution in [2.75, 3.05) is 19.6 Å². The molecule has 1 aromatic heterocycles. The second kappa shape index (κ2) is 6.02. The first kappa shape index (κ1) is 15.3. The Labute approximate surface area is 139 Å². The average molecular weight is 329 g/mol. The van der Waals surface area contributed by atoms with Crippen molar-refractivity contribution in [1.29, 1.82) is 0 Å². The van der Waals surface area contributed by atoms with Crippen LogP contribution in [0.5, 0.6) is 0 Å². The van der Waals surface area contributed by atoms with E-state index < -0.39 is 5.41 Å². The zero-order chi connectivity index (χ0) is 16.6. The number of carbonyl (C=O) groups excluding carboxylic acids is 1. The number of amides is 1. The molecule has 1 amide bonds. The van der Waals surface area contributed by atoms with E-state index in [0.29, 0.717) is 25.5 Å². The Bertz CT molecular complexity index is 708. The van der Waals surface area contributed by atoms with Crippen LogP contribution in [0.1, 0.15) is 30.2 Å². The lowest BCUT2D eigenvalue weighted by atomic mass is 9.69. The number of oxazole rings is 1. The minimum atomic E-state index is -0.456. The summed E-state index contributed by atoms with van der Waals surface area (Å²) in [6.45, 7) is 2.58. The number of rotatable bonds is 3. The Morgan fingerprint density at radius 1 is 1.38 bits per heavy atom. The molecule has 4 rings (SSSR count). The third kappa shape index (κ3) is 2.51. The molecule has 24 heavy (non-hydrogen) atoms. The molecule has 2 fully saturated rings. The smallest absolute Gasteiger partial charge is 0.231 e. The van der Waals surface area contributed by atoms with Crippen molar-refractivity contribution in [2.45, 2.75) is 25.3 Å². The molecular weight excluding hydrogens is 309 g/mol. The number of piperidine rings is 1. The standard InChI is InChI=1S/C18H20FN3O2/c19-14-4-2-13(3-5-14)15-10-22(11-16-21-8-9-24-16)17(23)18(15)6-1-7-20-12-18/h2-5,8-9,15,20H,1,6-7,10-12H2. The van der Waals surface area contributed by atoms with Gasteiger partial charge in [0, 0.05) is 19.0 Å².